The van der Waals surface area contributed by atoms with E-state index in [2.05, 4.69) is 0 Å². The third-order valence-electron chi connectivity index (χ3n) is 3.79. The topological polar surface area (TPSA) is 79.5 Å². The number of aromatic carboxylic acids is 1. The number of carbonyl (C=O) groups is 1. The van der Waals surface area contributed by atoms with Crippen molar-refractivity contribution in [3.63, 3.8) is 0 Å². The van der Waals surface area contributed by atoms with Crippen LogP contribution in [-0.4, -0.2) is 20.7 Å². The van der Waals surface area contributed by atoms with Crippen molar-refractivity contribution in [2.75, 3.05) is 0 Å². The quantitative estimate of drug-likeness (QED) is 0.779. The molecule has 0 bridgehead atoms. The van der Waals surface area contributed by atoms with Crippen LogP contribution in [0.1, 0.15) is 21.5 Å². The van der Waals surface area contributed by atoms with E-state index in [1.54, 1.807) is 12.1 Å². The highest BCUT2D eigenvalue weighted by Gasteiger charge is 2.21. The molecule has 3 aromatic rings. The van der Waals surface area contributed by atoms with E-state index in [1.165, 1.54) is 4.57 Å². The first-order chi connectivity index (χ1) is 11.0. The second-order valence-electron chi connectivity index (χ2n) is 5.43. The number of pyridine rings is 1. The zero-order valence-corrected chi connectivity index (χ0v) is 12.5. The van der Waals surface area contributed by atoms with E-state index >= 15 is 0 Å². The van der Waals surface area contributed by atoms with Crippen LogP contribution in [0.2, 0.25) is 0 Å². The fraction of sp³-hybridized carbons (Fsp3) is 0.111. The minimum absolute atomic E-state index is 0.236. The molecule has 0 unspecified atom stereocenters. The summed E-state index contributed by atoms with van der Waals surface area (Å²) in [7, 11) is 0. The molecule has 3 rings (SSSR count). The van der Waals surface area contributed by atoms with Gasteiger partial charge in [-0.15, -0.1) is 0 Å². The average Bonchev–Trinajstić information content (AvgIpc) is 2.52. The molecular formula is C18H15NO4. The van der Waals surface area contributed by atoms with Gasteiger partial charge in [0.05, 0.1) is 12.1 Å². The summed E-state index contributed by atoms with van der Waals surface area (Å²) in [5.74, 6) is -1.91. The summed E-state index contributed by atoms with van der Waals surface area (Å²) in [5.41, 5.74) is 0.939. The Hall–Kier alpha value is -3.08. The van der Waals surface area contributed by atoms with Gasteiger partial charge in [0, 0.05) is 5.39 Å². The van der Waals surface area contributed by atoms with Gasteiger partial charge in [0.1, 0.15) is 5.75 Å². The minimum Gasteiger partial charge on any atom is -0.506 e. The van der Waals surface area contributed by atoms with Crippen LogP contribution in [0.5, 0.6) is 5.75 Å². The van der Waals surface area contributed by atoms with Gasteiger partial charge in [-0.2, -0.15) is 0 Å². The molecule has 0 spiro atoms. The normalized spacial score (nSPS) is 10.8. The Morgan fingerprint density at radius 3 is 2.48 bits per heavy atom. The molecule has 0 aliphatic heterocycles. The molecule has 0 aliphatic carbocycles. The molecule has 0 radical (unpaired) electrons. The molecule has 23 heavy (non-hydrogen) atoms. The first-order valence-electron chi connectivity index (χ1n) is 7.12. The molecule has 0 saturated heterocycles. The minimum atomic E-state index is -1.43. The van der Waals surface area contributed by atoms with Crippen molar-refractivity contribution in [2.24, 2.45) is 0 Å². The number of hydrogen-bond acceptors (Lipinski definition) is 3. The van der Waals surface area contributed by atoms with E-state index in [-0.39, 0.29) is 6.54 Å². The molecule has 116 valence electrons. The van der Waals surface area contributed by atoms with E-state index in [4.69, 9.17) is 0 Å². The molecule has 0 fully saturated rings. The fourth-order valence-corrected chi connectivity index (χ4v) is 2.67. The second kappa shape index (κ2) is 5.61. The Kier molecular flexibility index (Phi) is 3.62. The van der Waals surface area contributed by atoms with E-state index in [0.29, 0.717) is 10.9 Å². The monoisotopic (exact) mass is 309 g/mol. The maximum absolute atomic E-state index is 12.6. The standard InChI is InChI=1S/C18H15NO4/c1-11-7-8-14-13(9-11)16(20)15(18(22)23)17(21)19(14)10-12-5-3-2-4-6-12/h2-9,20H,10H2,1H3,(H,22,23). The Morgan fingerprint density at radius 1 is 1.13 bits per heavy atom. The highest BCUT2D eigenvalue weighted by Crippen LogP contribution is 2.27. The number of carboxylic acids is 1. The van der Waals surface area contributed by atoms with Crippen LogP contribution in [0.3, 0.4) is 0 Å². The van der Waals surface area contributed by atoms with Gasteiger partial charge in [-0.1, -0.05) is 42.0 Å². The molecule has 1 heterocycles. The maximum Gasteiger partial charge on any atom is 0.345 e. The molecule has 0 amide bonds. The number of aromatic nitrogens is 1. The van der Waals surface area contributed by atoms with Gasteiger partial charge in [0.25, 0.3) is 5.56 Å². The van der Waals surface area contributed by atoms with Crippen molar-refractivity contribution < 1.29 is 15.0 Å². The SMILES string of the molecule is Cc1ccc2c(c1)c(O)c(C(=O)O)c(=O)n2Cc1ccccc1. The van der Waals surface area contributed by atoms with Gasteiger partial charge in [0.2, 0.25) is 0 Å². The number of aromatic hydroxyl groups is 1. The third kappa shape index (κ3) is 2.57. The number of rotatable bonds is 3. The number of benzene rings is 2. The van der Waals surface area contributed by atoms with Crippen LogP contribution < -0.4 is 5.56 Å². The molecule has 1 aromatic heterocycles. The van der Waals surface area contributed by atoms with Gasteiger partial charge in [-0.25, -0.2) is 4.79 Å². The molecule has 0 saturated carbocycles. The van der Waals surface area contributed by atoms with Crippen LogP contribution in [0.25, 0.3) is 10.9 Å². The van der Waals surface area contributed by atoms with Crippen LogP contribution in [0, 0.1) is 6.92 Å². The van der Waals surface area contributed by atoms with Gasteiger partial charge in [-0.3, -0.25) is 4.79 Å². The van der Waals surface area contributed by atoms with Crippen LogP contribution in [0.15, 0.2) is 53.3 Å². The first-order valence-corrected chi connectivity index (χ1v) is 7.12. The third-order valence-corrected chi connectivity index (χ3v) is 3.79. The largest absolute Gasteiger partial charge is 0.506 e. The average molecular weight is 309 g/mol. The van der Waals surface area contributed by atoms with E-state index in [1.807, 2.05) is 43.3 Å². The van der Waals surface area contributed by atoms with Crippen molar-refractivity contribution in [3.8, 4) is 5.75 Å². The lowest BCUT2D eigenvalue weighted by atomic mass is 10.1. The second-order valence-corrected chi connectivity index (χ2v) is 5.43. The van der Waals surface area contributed by atoms with Gasteiger partial charge in [0.15, 0.2) is 5.56 Å². The summed E-state index contributed by atoms with van der Waals surface area (Å²) < 4.78 is 1.38. The Morgan fingerprint density at radius 2 is 1.83 bits per heavy atom. The Balaban J connectivity index is 2.35. The molecule has 0 aliphatic rings. The van der Waals surface area contributed by atoms with Crippen molar-refractivity contribution in [1.29, 1.82) is 0 Å². The summed E-state index contributed by atoms with van der Waals surface area (Å²) >= 11 is 0. The lowest BCUT2D eigenvalue weighted by molar-refractivity contribution is 0.0691. The van der Waals surface area contributed by atoms with Crippen LogP contribution >= 0.6 is 0 Å². The van der Waals surface area contributed by atoms with Crippen LogP contribution in [0.4, 0.5) is 0 Å². The summed E-state index contributed by atoms with van der Waals surface area (Å²) in [4.78, 5) is 24.0. The zero-order valence-electron chi connectivity index (χ0n) is 12.5. The fourth-order valence-electron chi connectivity index (χ4n) is 2.67. The van der Waals surface area contributed by atoms with Crippen LogP contribution in [-0.2, 0) is 6.54 Å². The number of fused-ring (bicyclic) bond motifs is 1. The number of hydrogen-bond donors (Lipinski definition) is 2. The van der Waals surface area contributed by atoms with Crippen molar-refractivity contribution in [1.82, 2.24) is 4.57 Å². The highest BCUT2D eigenvalue weighted by molar-refractivity contribution is 5.98. The van der Waals surface area contributed by atoms with Gasteiger partial charge < -0.3 is 14.8 Å². The smallest absolute Gasteiger partial charge is 0.345 e. The molecule has 0 atom stereocenters. The Labute approximate surface area is 132 Å². The van der Waals surface area contributed by atoms with E-state index in [0.717, 1.165) is 11.1 Å². The predicted octanol–water partition coefficient (Wildman–Crippen LogP) is 2.76. The van der Waals surface area contributed by atoms with Crippen molar-refractivity contribution >= 4 is 16.9 Å². The van der Waals surface area contributed by atoms with Gasteiger partial charge >= 0.3 is 5.97 Å². The summed E-state index contributed by atoms with van der Waals surface area (Å²) in [5, 5.41) is 19.9. The molecule has 2 N–H and O–H groups in total. The predicted molar refractivity (Wildman–Crippen MR) is 87.1 cm³/mol. The molecule has 5 nitrogen and oxygen atoms in total. The lowest BCUT2D eigenvalue weighted by Gasteiger charge is -2.14. The van der Waals surface area contributed by atoms with Crippen molar-refractivity contribution in [3.05, 3.63) is 75.6 Å². The number of carboxylic acid groups (broad SMARTS) is 1. The Bertz CT molecular complexity index is 958. The summed E-state index contributed by atoms with van der Waals surface area (Å²) in [6.07, 6.45) is 0. The van der Waals surface area contributed by atoms with E-state index < -0.39 is 22.8 Å². The zero-order chi connectivity index (χ0) is 16.6. The summed E-state index contributed by atoms with van der Waals surface area (Å²) in [6.45, 7) is 2.08. The molecule has 5 heteroatoms. The first kappa shape index (κ1) is 14.8. The summed E-state index contributed by atoms with van der Waals surface area (Å²) in [6, 6.07) is 14.5. The maximum atomic E-state index is 12.6. The molecule has 2 aromatic carbocycles. The van der Waals surface area contributed by atoms with Crippen molar-refractivity contribution in [2.45, 2.75) is 13.5 Å². The highest BCUT2D eigenvalue weighted by atomic mass is 16.4. The molecular weight excluding hydrogens is 294 g/mol. The van der Waals surface area contributed by atoms with Gasteiger partial charge in [-0.05, 0) is 24.6 Å². The number of aryl methyl sites for hydroxylation is 1. The van der Waals surface area contributed by atoms with E-state index in [9.17, 15) is 19.8 Å². The number of nitrogens with zero attached hydrogens (tertiary/aromatic N) is 1. The lowest BCUT2D eigenvalue weighted by Crippen LogP contribution is -2.27.